The van der Waals surface area contributed by atoms with Gasteiger partial charge in [0.25, 0.3) is 5.91 Å². The van der Waals surface area contributed by atoms with E-state index in [2.05, 4.69) is 29.0 Å². The molecule has 0 radical (unpaired) electrons. The van der Waals surface area contributed by atoms with Crippen molar-refractivity contribution in [1.82, 2.24) is 24.4 Å². The summed E-state index contributed by atoms with van der Waals surface area (Å²) in [7, 11) is 0. The first kappa shape index (κ1) is 21.1. The molecule has 1 amide bonds. The Balaban J connectivity index is 1.33. The molecule has 1 saturated carbocycles. The highest BCUT2D eigenvalue weighted by Crippen LogP contribution is 2.34. The minimum atomic E-state index is -0.0605. The summed E-state index contributed by atoms with van der Waals surface area (Å²) >= 11 is 0. The smallest absolute Gasteiger partial charge is 0.255 e. The first-order valence-corrected chi connectivity index (χ1v) is 12.1. The summed E-state index contributed by atoms with van der Waals surface area (Å²) in [5.41, 5.74) is 8.84. The van der Waals surface area contributed by atoms with Crippen LogP contribution in [0.1, 0.15) is 43.3 Å². The second-order valence-electron chi connectivity index (χ2n) is 9.66. The van der Waals surface area contributed by atoms with E-state index in [-0.39, 0.29) is 5.91 Å². The highest BCUT2D eigenvalue weighted by Gasteiger charge is 2.30. The number of aryl methyl sites for hydroxylation is 2. The average molecular weight is 452 g/mol. The highest BCUT2D eigenvalue weighted by atomic mass is 16.2. The number of allylic oxidation sites excluding steroid dienone is 7. The number of nitrogens with zero attached hydrogens (tertiary/aromatic N) is 5. The van der Waals surface area contributed by atoms with E-state index in [0.717, 1.165) is 70.6 Å². The van der Waals surface area contributed by atoms with Gasteiger partial charge in [-0.2, -0.15) is 5.10 Å². The van der Waals surface area contributed by atoms with Gasteiger partial charge >= 0.3 is 0 Å². The second-order valence-corrected chi connectivity index (χ2v) is 9.66. The van der Waals surface area contributed by atoms with Crippen LogP contribution in [-0.4, -0.2) is 49.4 Å². The van der Waals surface area contributed by atoms with E-state index in [1.54, 1.807) is 11.0 Å². The number of aromatic nitrogens is 3. The summed E-state index contributed by atoms with van der Waals surface area (Å²) in [5, 5.41) is 4.72. The standard InChI is InChI=1S/C28H29N5O/c1-18-13-23(21-9-11-31(12-10-21)24-7-8-24)17-32-26(18)6-4-5-22(14-28(32)34)25-15-27-20(3)29-19(2)16-33(27)30-25/h4-6,9,13-17,24H,7-8,10-12H2,1-3H3/b5-4+,22-14+,26-6+. The fraction of sp³-hybridized carbons (Fsp3) is 0.321. The zero-order valence-electron chi connectivity index (χ0n) is 20.0. The number of hydrogen-bond acceptors (Lipinski definition) is 4. The van der Waals surface area contributed by atoms with Crippen molar-refractivity contribution >= 4 is 17.0 Å². The molecule has 1 fully saturated rings. The van der Waals surface area contributed by atoms with Gasteiger partial charge in [0.05, 0.1) is 34.5 Å². The zero-order valence-corrected chi connectivity index (χ0v) is 20.0. The molecular formula is C28H29N5O. The van der Waals surface area contributed by atoms with E-state index in [9.17, 15) is 4.79 Å². The number of rotatable bonds is 3. The summed E-state index contributed by atoms with van der Waals surface area (Å²) in [6, 6.07) is 2.79. The Hall–Kier alpha value is -3.51. The van der Waals surface area contributed by atoms with Gasteiger partial charge in [-0.25, -0.2) is 4.52 Å². The maximum Gasteiger partial charge on any atom is 0.255 e. The third-order valence-electron chi connectivity index (χ3n) is 7.08. The molecule has 34 heavy (non-hydrogen) atoms. The van der Waals surface area contributed by atoms with Crippen LogP contribution in [0.4, 0.5) is 0 Å². The van der Waals surface area contributed by atoms with Crippen LogP contribution in [0.5, 0.6) is 0 Å². The monoisotopic (exact) mass is 451 g/mol. The van der Waals surface area contributed by atoms with Crippen molar-refractivity contribution in [3.05, 3.63) is 94.4 Å². The third-order valence-corrected chi connectivity index (χ3v) is 7.08. The number of hydrogen-bond donors (Lipinski definition) is 0. The van der Waals surface area contributed by atoms with Gasteiger partial charge in [-0.05, 0) is 75.0 Å². The van der Waals surface area contributed by atoms with Gasteiger partial charge in [0.1, 0.15) is 0 Å². The third kappa shape index (κ3) is 3.78. The Kier molecular flexibility index (Phi) is 4.99. The average Bonchev–Trinajstić information content (AvgIpc) is 3.57. The molecule has 0 unspecified atom stereocenters. The van der Waals surface area contributed by atoms with Gasteiger partial charge in [0, 0.05) is 37.0 Å². The highest BCUT2D eigenvalue weighted by molar-refractivity contribution is 6.00. The molecule has 5 heterocycles. The molecule has 0 spiro atoms. The van der Waals surface area contributed by atoms with Crippen LogP contribution in [0.15, 0.2) is 77.3 Å². The molecule has 3 aliphatic heterocycles. The molecule has 2 aromatic heterocycles. The number of fused-ring (bicyclic) bond motifs is 2. The first-order chi connectivity index (χ1) is 16.5. The fourth-order valence-corrected chi connectivity index (χ4v) is 5.12. The molecular weight excluding hydrogens is 422 g/mol. The molecule has 0 aromatic carbocycles. The van der Waals surface area contributed by atoms with Crippen molar-refractivity contribution in [2.45, 2.75) is 46.1 Å². The van der Waals surface area contributed by atoms with Crippen LogP contribution >= 0.6 is 0 Å². The van der Waals surface area contributed by atoms with Gasteiger partial charge < -0.3 is 0 Å². The minimum Gasteiger partial charge on any atom is -0.296 e. The number of carbonyl (C=O) groups is 1. The SMILES string of the molecule is CC1=CC(C2=CCN(C3CC3)CC2)=CN2C(=O)\C=C(c3cc4c(C)nc(C)cn4n3)/C=C/C=C\12. The van der Waals surface area contributed by atoms with Gasteiger partial charge in [-0.3, -0.25) is 19.6 Å². The van der Waals surface area contributed by atoms with Crippen molar-refractivity contribution in [2.24, 2.45) is 0 Å². The summed E-state index contributed by atoms with van der Waals surface area (Å²) < 4.78 is 1.85. The largest absolute Gasteiger partial charge is 0.296 e. The Morgan fingerprint density at radius 1 is 1.09 bits per heavy atom. The molecule has 0 atom stereocenters. The Labute approximate surface area is 200 Å². The minimum absolute atomic E-state index is 0.0605. The summed E-state index contributed by atoms with van der Waals surface area (Å²) in [6.45, 7) is 8.13. The van der Waals surface area contributed by atoms with E-state index in [1.165, 1.54) is 18.4 Å². The van der Waals surface area contributed by atoms with Gasteiger partial charge in [0.15, 0.2) is 0 Å². The zero-order chi connectivity index (χ0) is 23.4. The number of carbonyl (C=O) groups excluding carboxylic acids is 1. The van der Waals surface area contributed by atoms with Gasteiger partial charge in [-0.15, -0.1) is 0 Å². The predicted molar refractivity (Wildman–Crippen MR) is 134 cm³/mol. The second kappa shape index (κ2) is 8.06. The predicted octanol–water partition coefficient (Wildman–Crippen LogP) is 4.65. The maximum atomic E-state index is 13.5. The van der Waals surface area contributed by atoms with Crippen LogP contribution in [0.25, 0.3) is 11.1 Å². The Morgan fingerprint density at radius 3 is 2.71 bits per heavy atom. The van der Waals surface area contributed by atoms with Crippen molar-refractivity contribution in [3.8, 4) is 0 Å². The molecule has 6 rings (SSSR count). The van der Waals surface area contributed by atoms with Gasteiger partial charge in [-0.1, -0.05) is 18.2 Å². The van der Waals surface area contributed by atoms with Crippen LogP contribution in [0.2, 0.25) is 0 Å². The summed E-state index contributed by atoms with van der Waals surface area (Å²) in [6.07, 6.45) is 19.9. The molecule has 6 nitrogen and oxygen atoms in total. The quantitative estimate of drug-likeness (QED) is 0.682. The van der Waals surface area contributed by atoms with Crippen LogP contribution < -0.4 is 0 Å². The Morgan fingerprint density at radius 2 is 1.94 bits per heavy atom. The molecule has 0 bridgehead atoms. The summed E-state index contributed by atoms with van der Waals surface area (Å²) in [5.74, 6) is -0.0605. The van der Waals surface area contributed by atoms with E-state index < -0.39 is 0 Å². The van der Waals surface area contributed by atoms with Crippen molar-refractivity contribution in [2.75, 3.05) is 13.1 Å². The lowest BCUT2D eigenvalue weighted by Crippen LogP contribution is -2.32. The van der Waals surface area contributed by atoms with Crippen LogP contribution in [-0.2, 0) is 4.79 Å². The van der Waals surface area contributed by atoms with Gasteiger partial charge in [0.2, 0.25) is 0 Å². The van der Waals surface area contributed by atoms with E-state index in [0.29, 0.717) is 0 Å². The molecule has 0 saturated heterocycles. The lowest BCUT2D eigenvalue weighted by atomic mass is 9.94. The summed E-state index contributed by atoms with van der Waals surface area (Å²) in [4.78, 5) is 22.4. The van der Waals surface area contributed by atoms with Crippen molar-refractivity contribution < 1.29 is 4.79 Å². The van der Waals surface area contributed by atoms with E-state index in [4.69, 9.17) is 5.10 Å². The number of amides is 1. The molecule has 0 N–H and O–H groups in total. The maximum absolute atomic E-state index is 13.5. The first-order valence-electron chi connectivity index (χ1n) is 12.1. The molecule has 4 aliphatic rings. The lowest BCUT2D eigenvalue weighted by molar-refractivity contribution is -0.122. The van der Waals surface area contributed by atoms with E-state index >= 15 is 0 Å². The molecule has 172 valence electrons. The molecule has 6 heteroatoms. The van der Waals surface area contributed by atoms with Crippen LogP contribution in [0, 0.1) is 13.8 Å². The lowest BCUT2D eigenvalue weighted by Gasteiger charge is -2.31. The topological polar surface area (TPSA) is 53.7 Å². The normalized spacial score (nSPS) is 25.3. The Bertz CT molecular complexity index is 1390. The fourth-order valence-electron chi connectivity index (χ4n) is 5.12. The molecule has 2 aromatic rings. The van der Waals surface area contributed by atoms with Crippen molar-refractivity contribution in [1.29, 1.82) is 0 Å². The molecule has 1 aliphatic carbocycles. The van der Waals surface area contributed by atoms with E-state index in [1.807, 2.05) is 55.1 Å². The van der Waals surface area contributed by atoms with Crippen LogP contribution in [0.3, 0.4) is 0 Å². The van der Waals surface area contributed by atoms with Crippen molar-refractivity contribution in [3.63, 3.8) is 0 Å².